The molecule has 1 aromatic rings. The van der Waals surface area contributed by atoms with Gasteiger partial charge in [-0.3, -0.25) is 9.59 Å². The average molecular weight is 434 g/mol. The number of carbonyl (C=O) groups excluding carboxylic acids is 2. The molecular formula is C20H27ClF3N3O2. The van der Waals surface area contributed by atoms with Crippen molar-refractivity contribution in [2.75, 3.05) is 20.1 Å². The van der Waals surface area contributed by atoms with Crippen molar-refractivity contribution in [3.63, 3.8) is 0 Å². The zero-order chi connectivity index (χ0) is 20.6. The van der Waals surface area contributed by atoms with Crippen molar-refractivity contribution in [3.05, 3.63) is 35.4 Å². The van der Waals surface area contributed by atoms with Crippen molar-refractivity contribution in [2.45, 2.75) is 44.4 Å². The van der Waals surface area contributed by atoms with E-state index in [1.807, 2.05) is 11.8 Å². The second kappa shape index (κ2) is 8.92. The van der Waals surface area contributed by atoms with Crippen molar-refractivity contribution < 1.29 is 22.8 Å². The largest absolute Gasteiger partial charge is 0.416 e. The minimum Gasteiger partial charge on any atom is -0.339 e. The number of rotatable bonds is 3. The van der Waals surface area contributed by atoms with Crippen LogP contribution >= 0.6 is 12.4 Å². The Morgan fingerprint density at radius 2 is 1.86 bits per heavy atom. The van der Waals surface area contributed by atoms with Gasteiger partial charge < -0.3 is 15.5 Å². The zero-order valence-corrected chi connectivity index (χ0v) is 17.3. The summed E-state index contributed by atoms with van der Waals surface area (Å²) in [6, 6.07) is 4.26. The van der Waals surface area contributed by atoms with Crippen molar-refractivity contribution in [2.24, 2.45) is 17.6 Å². The third-order valence-corrected chi connectivity index (χ3v) is 6.04. The molecule has 4 unspecified atom stereocenters. The summed E-state index contributed by atoms with van der Waals surface area (Å²) in [5.41, 5.74) is 5.56. The molecule has 5 nitrogen and oxygen atoms in total. The molecule has 4 atom stereocenters. The predicted molar refractivity (Wildman–Crippen MR) is 105 cm³/mol. The SMILES string of the molecule is CC1CC(CN)CN1C(=O)C1CCC(=O)N(C)C1c1ccc(C(F)(F)F)cc1.Cl. The molecule has 0 bridgehead atoms. The van der Waals surface area contributed by atoms with Gasteiger partial charge >= 0.3 is 6.18 Å². The first-order valence-electron chi connectivity index (χ1n) is 9.56. The summed E-state index contributed by atoms with van der Waals surface area (Å²) in [5.74, 6) is -0.374. The van der Waals surface area contributed by atoms with Gasteiger partial charge in [-0.05, 0) is 49.9 Å². The van der Waals surface area contributed by atoms with E-state index in [-0.39, 0.29) is 42.6 Å². The maximum atomic E-state index is 13.3. The number of halogens is 4. The smallest absolute Gasteiger partial charge is 0.339 e. The fourth-order valence-electron chi connectivity index (χ4n) is 4.46. The van der Waals surface area contributed by atoms with Crippen molar-refractivity contribution in [1.82, 2.24) is 9.80 Å². The Balaban J connectivity index is 0.00000300. The van der Waals surface area contributed by atoms with Crippen molar-refractivity contribution in [1.29, 1.82) is 0 Å². The number of alkyl halides is 3. The summed E-state index contributed by atoms with van der Waals surface area (Å²) >= 11 is 0. The summed E-state index contributed by atoms with van der Waals surface area (Å²) in [7, 11) is 1.61. The molecule has 0 radical (unpaired) electrons. The van der Waals surface area contributed by atoms with Gasteiger partial charge in [-0.25, -0.2) is 0 Å². The highest BCUT2D eigenvalue weighted by atomic mass is 35.5. The van der Waals surface area contributed by atoms with Gasteiger partial charge in [0.05, 0.1) is 17.5 Å². The number of amides is 2. The minimum atomic E-state index is -4.43. The second-order valence-electron chi connectivity index (χ2n) is 7.89. The molecule has 2 aliphatic heterocycles. The number of benzene rings is 1. The third-order valence-electron chi connectivity index (χ3n) is 6.04. The lowest BCUT2D eigenvalue weighted by Crippen LogP contribution is -2.48. The normalized spacial score (nSPS) is 27.7. The van der Waals surface area contributed by atoms with Crippen LogP contribution in [0.1, 0.15) is 43.4 Å². The van der Waals surface area contributed by atoms with Crippen LogP contribution in [0, 0.1) is 11.8 Å². The maximum Gasteiger partial charge on any atom is 0.416 e. The highest BCUT2D eigenvalue weighted by Gasteiger charge is 2.43. The zero-order valence-electron chi connectivity index (χ0n) is 16.5. The first-order chi connectivity index (χ1) is 13.1. The van der Waals surface area contributed by atoms with E-state index in [2.05, 4.69) is 0 Å². The number of nitrogens with zero attached hydrogens (tertiary/aromatic N) is 2. The van der Waals surface area contributed by atoms with Gasteiger partial charge in [-0.1, -0.05) is 12.1 Å². The summed E-state index contributed by atoms with van der Waals surface area (Å²) in [6.45, 7) is 3.09. The van der Waals surface area contributed by atoms with Crippen LogP contribution in [0.3, 0.4) is 0 Å². The standard InChI is InChI=1S/C20H26F3N3O2.ClH/c1-12-9-13(10-24)11-26(12)19(28)16-7-8-17(27)25(2)18(16)14-3-5-15(6-4-14)20(21,22)23;/h3-6,12-13,16,18H,7-11,24H2,1-2H3;1H. The molecule has 2 heterocycles. The van der Waals surface area contributed by atoms with Gasteiger partial charge in [0.1, 0.15) is 0 Å². The lowest BCUT2D eigenvalue weighted by atomic mass is 9.83. The molecule has 162 valence electrons. The summed E-state index contributed by atoms with van der Waals surface area (Å²) < 4.78 is 38.7. The molecule has 29 heavy (non-hydrogen) atoms. The first kappa shape index (κ1) is 23.5. The van der Waals surface area contributed by atoms with Gasteiger partial charge in [0, 0.05) is 26.1 Å². The van der Waals surface area contributed by atoms with Gasteiger partial charge in [-0.2, -0.15) is 13.2 Å². The molecule has 2 saturated heterocycles. The third kappa shape index (κ3) is 4.69. The molecule has 2 N–H and O–H groups in total. The molecule has 0 aromatic heterocycles. The van der Waals surface area contributed by atoms with E-state index >= 15 is 0 Å². The number of carbonyl (C=O) groups is 2. The molecule has 2 fully saturated rings. The fourth-order valence-corrected chi connectivity index (χ4v) is 4.46. The van der Waals surface area contributed by atoms with E-state index in [0.29, 0.717) is 25.1 Å². The number of piperidine rings is 1. The van der Waals surface area contributed by atoms with Gasteiger partial charge in [0.2, 0.25) is 11.8 Å². The monoisotopic (exact) mass is 433 g/mol. The molecule has 1 aromatic carbocycles. The first-order valence-corrected chi connectivity index (χ1v) is 9.56. The average Bonchev–Trinajstić information content (AvgIpc) is 3.03. The topological polar surface area (TPSA) is 66.6 Å². The van der Waals surface area contributed by atoms with Crippen LogP contribution in [0.25, 0.3) is 0 Å². The molecule has 9 heteroatoms. The van der Waals surface area contributed by atoms with Crippen LogP contribution < -0.4 is 5.73 Å². The number of likely N-dealkylation sites (tertiary alicyclic amines) is 2. The predicted octanol–water partition coefficient (Wildman–Crippen LogP) is 3.23. The Bertz CT molecular complexity index is 741. The molecule has 2 amide bonds. The van der Waals surface area contributed by atoms with Crippen LogP contribution in [0.15, 0.2) is 24.3 Å². The summed E-state index contributed by atoms with van der Waals surface area (Å²) in [4.78, 5) is 28.9. The molecule has 3 rings (SSSR count). The highest BCUT2D eigenvalue weighted by molar-refractivity contribution is 5.85. The lowest BCUT2D eigenvalue weighted by molar-refractivity contribution is -0.147. The van der Waals surface area contributed by atoms with Crippen molar-refractivity contribution in [3.8, 4) is 0 Å². The van der Waals surface area contributed by atoms with Crippen LogP contribution in [0.5, 0.6) is 0 Å². The molecule has 2 aliphatic rings. The molecule has 0 saturated carbocycles. The molecular weight excluding hydrogens is 407 g/mol. The highest BCUT2D eigenvalue weighted by Crippen LogP contribution is 2.39. The quantitative estimate of drug-likeness (QED) is 0.795. The van der Waals surface area contributed by atoms with Gasteiger partial charge in [-0.15, -0.1) is 12.4 Å². The Hall–Kier alpha value is -1.80. The van der Waals surface area contributed by atoms with E-state index in [4.69, 9.17) is 5.73 Å². The van der Waals surface area contributed by atoms with Gasteiger partial charge in [0.15, 0.2) is 0 Å². The number of hydrogen-bond acceptors (Lipinski definition) is 3. The van der Waals surface area contributed by atoms with Crippen LogP contribution in [-0.4, -0.2) is 47.8 Å². The minimum absolute atomic E-state index is 0. The summed E-state index contributed by atoms with van der Waals surface area (Å²) in [5, 5.41) is 0. The second-order valence-corrected chi connectivity index (χ2v) is 7.89. The molecule has 0 spiro atoms. The molecule has 0 aliphatic carbocycles. The van der Waals surface area contributed by atoms with Crippen LogP contribution in [0.4, 0.5) is 13.2 Å². The Kier molecular flexibility index (Phi) is 7.22. The van der Waals surface area contributed by atoms with E-state index in [1.54, 1.807) is 7.05 Å². The Morgan fingerprint density at radius 3 is 2.38 bits per heavy atom. The van der Waals surface area contributed by atoms with E-state index < -0.39 is 23.7 Å². The Labute approximate surface area is 174 Å². The van der Waals surface area contributed by atoms with E-state index in [0.717, 1.165) is 18.6 Å². The van der Waals surface area contributed by atoms with E-state index in [1.165, 1.54) is 17.0 Å². The number of nitrogens with two attached hydrogens (primary N) is 1. The van der Waals surface area contributed by atoms with Crippen LogP contribution in [0.2, 0.25) is 0 Å². The van der Waals surface area contributed by atoms with E-state index in [9.17, 15) is 22.8 Å². The van der Waals surface area contributed by atoms with Crippen LogP contribution in [-0.2, 0) is 15.8 Å². The summed E-state index contributed by atoms with van der Waals surface area (Å²) in [6.07, 6.45) is -2.93. The lowest BCUT2D eigenvalue weighted by Gasteiger charge is -2.40. The van der Waals surface area contributed by atoms with Gasteiger partial charge in [0.25, 0.3) is 0 Å². The fraction of sp³-hybridized carbons (Fsp3) is 0.600. The number of hydrogen-bond donors (Lipinski definition) is 1. The Morgan fingerprint density at radius 1 is 1.24 bits per heavy atom. The van der Waals surface area contributed by atoms with Crippen molar-refractivity contribution >= 4 is 24.2 Å². The maximum absolute atomic E-state index is 13.3.